The van der Waals surface area contributed by atoms with Crippen LogP contribution in [0.1, 0.15) is 20.8 Å². The standard InChI is InChI=1S/C12H20NOP/c1-12(2,3)13-10-6-8-11(9-7-10)15(4,5)14/h6-9,13H,1-5H3. The molecule has 0 amide bonds. The van der Waals surface area contributed by atoms with Gasteiger partial charge < -0.3 is 9.88 Å². The molecule has 0 atom stereocenters. The monoisotopic (exact) mass is 225 g/mol. The molecular formula is C12H20NOP. The number of nitrogens with one attached hydrogen (secondary N) is 1. The lowest BCUT2D eigenvalue weighted by atomic mass is 10.1. The SMILES string of the molecule is CC(C)(C)Nc1ccc(P(C)(C)=O)cc1. The molecule has 1 rings (SSSR count). The van der Waals surface area contributed by atoms with Crippen molar-refractivity contribution < 1.29 is 4.57 Å². The fourth-order valence-electron chi connectivity index (χ4n) is 1.34. The van der Waals surface area contributed by atoms with Crippen LogP contribution in [-0.4, -0.2) is 18.9 Å². The van der Waals surface area contributed by atoms with Gasteiger partial charge in [-0.25, -0.2) is 0 Å². The third-order valence-corrected chi connectivity index (χ3v) is 3.55. The van der Waals surface area contributed by atoms with Gasteiger partial charge in [0.15, 0.2) is 0 Å². The van der Waals surface area contributed by atoms with Crippen LogP contribution in [-0.2, 0) is 4.57 Å². The zero-order valence-corrected chi connectivity index (χ0v) is 11.1. The van der Waals surface area contributed by atoms with Gasteiger partial charge in [-0.3, -0.25) is 0 Å². The summed E-state index contributed by atoms with van der Waals surface area (Å²) in [5, 5.41) is 4.30. The van der Waals surface area contributed by atoms with E-state index < -0.39 is 7.14 Å². The summed E-state index contributed by atoms with van der Waals surface area (Å²) in [6.45, 7) is 9.93. The molecule has 0 aromatic heterocycles. The molecule has 0 heterocycles. The summed E-state index contributed by atoms with van der Waals surface area (Å²) in [5.74, 6) is 0. The molecule has 0 saturated heterocycles. The molecule has 0 radical (unpaired) electrons. The van der Waals surface area contributed by atoms with Gasteiger partial charge in [0.25, 0.3) is 0 Å². The predicted octanol–water partition coefficient (Wildman–Crippen LogP) is 3.15. The van der Waals surface area contributed by atoms with Crippen LogP contribution >= 0.6 is 7.14 Å². The molecule has 0 saturated carbocycles. The average Bonchev–Trinajstić information content (AvgIpc) is 2.00. The molecule has 0 bridgehead atoms. The molecular weight excluding hydrogens is 205 g/mol. The van der Waals surface area contributed by atoms with Gasteiger partial charge in [0.1, 0.15) is 7.14 Å². The first-order valence-corrected chi connectivity index (χ1v) is 7.72. The fourth-order valence-corrected chi connectivity index (χ4v) is 2.20. The summed E-state index contributed by atoms with van der Waals surface area (Å²) >= 11 is 0. The maximum Gasteiger partial charge on any atom is 0.109 e. The maximum absolute atomic E-state index is 11.8. The lowest BCUT2D eigenvalue weighted by Gasteiger charge is -2.22. The van der Waals surface area contributed by atoms with Crippen LogP contribution in [0, 0.1) is 0 Å². The Bertz CT molecular complexity index is 370. The first-order valence-electron chi connectivity index (χ1n) is 5.12. The summed E-state index contributed by atoms with van der Waals surface area (Å²) in [4.78, 5) is 0. The van der Waals surface area contributed by atoms with Crippen LogP contribution in [0.4, 0.5) is 5.69 Å². The number of hydrogen-bond acceptors (Lipinski definition) is 2. The Morgan fingerprint density at radius 2 is 1.53 bits per heavy atom. The van der Waals surface area contributed by atoms with Crippen LogP contribution in [0.2, 0.25) is 0 Å². The van der Waals surface area contributed by atoms with E-state index in [1.54, 1.807) is 13.3 Å². The van der Waals surface area contributed by atoms with Crippen LogP contribution < -0.4 is 10.6 Å². The van der Waals surface area contributed by atoms with Crippen LogP contribution in [0.5, 0.6) is 0 Å². The second-order valence-corrected chi connectivity index (χ2v) is 8.49. The van der Waals surface area contributed by atoms with Gasteiger partial charge in [-0.1, -0.05) is 0 Å². The third-order valence-electron chi connectivity index (χ3n) is 2.01. The predicted molar refractivity (Wildman–Crippen MR) is 68.9 cm³/mol. The average molecular weight is 225 g/mol. The number of anilines is 1. The van der Waals surface area contributed by atoms with Crippen LogP contribution in [0.15, 0.2) is 24.3 Å². The number of hydrogen-bond donors (Lipinski definition) is 1. The topological polar surface area (TPSA) is 29.1 Å². The van der Waals surface area contributed by atoms with E-state index in [-0.39, 0.29) is 5.54 Å². The molecule has 0 aliphatic rings. The summed E-state index contributed by atoms with van der Waals surface area (Å²) in [5.41, 5.74) is 1.13. The highest BCUT2D eigenvalue weighted by atomic mass is 31.2. The van der Waals surface area contributed by atoms with E-state index in [0.29, 0.717) is 0 Å². The summed E-state index contributed by atoms with van der Waals surface area (Å²) in [6, 6.07) is 7.85. The molecule has 0 fully saturated rings. The van der Waals surface area contributed by atoms with Crippen molar-refractivity contribution in [2.45, 2.75) is 26.3 Å². The Balaban J connectivity index is 2.87. The summed E-state index contributed by atoms with van der Waals surface area (Å²) in [7, 11) is -2.12. The van der Waals surface area contributed by atoms with Crippen molar-refractivity contribution in [3.8, 4) is 0 Å². The molecule has 3 heteroatoms. The lowest BCUT2D eigenvalue weighted by Crippen LogP contribution is -2.26. The Kier molecular flexibility index (Phi) is 3.30. The van der Waals surface area contributed by atoms with Crippen molar-refractivity contribution in [1.82, 2.24) is 0 Å². The van der Waals surface area contributed by atoms with Crippen molar-refractivity contribution >= 4 is 18.1 Å². The Labute approximate surface area is 92.5 Å². The summed E-state index contributed by atoms with van der Waals surface area (Å²) < 4.78 is 11.8. The Morgan fingerprint density at radius 1 is 1.07 bits per heavy atom. The molecule has 0 aliphatic heterocycles. The van der Waals surface area contributed by atoms with Crippen molar-refractivity contribution in [2.75, 3.05) is 18.6 Å². The minimum absolute atomic E-state index is 0.0592. The maximum atomic E-state index is 11.8. The van der Waals surface area contributed by atoms with Gasteiger partial charge in [0.05, 0.1) is 0 Å². The molecule has 15 heavy (non-hydrogen) atoms. The first kappa shape index (κ1) is 12.3. The van der Waals surface area contributed by atoms with E-state index in [4.69, 9.17) is 0 Å². The van der Waals surface area contributed by atoms with Crippen LogP contribution in [0.3, 0.4) is 0 Å². The van der Waals surface area contributed by atoms with E-state index in [1.165, 1.54) is 0 Å². The highest BCUT2D eigenvalue weighted by Gasteiger charge is 2.12. The molecule has 0 aliphatic carbocycles. The number of benzene rings is 1. The van der Waals surface area contributed by atoms with Gasteiger partial charge in [-0.2, -0.15) is 0 Å². The minimum atomic E-state index is -2.12. The van der Waals surface area contributed by atoms with Gasteiger partial charge in [0.2, 0.25) is 0 Å². The summed E-state index contributed by atoms with van der Waals surface area (Å²) in [6.07, 6.45) is 0. The van der Waals surface area contributed by atoms with Crippen molar-refractivity contribution in [3.63, 3.8) is 0 Å². The molecule has 0 unspecified atom stereocenters. The molecule has 1 N–H and O–H groups in total. The number of rotatable bonds is 2. The van der Waals surface area contributed by atoms with E-state index >= 15 is 0 Å². The van der Waals surface area contributed by atoms with E-state index in [1.807, 2.05) is 24.3 Å². The van der Waals surface area contributed by atoms with E-state index in [9.17, 15) is 4.57 Å². The van der Waals surface area contributed by atoms with Gasteiger partial charge in [-0.05, 0) is 58.4 Å². The highest BCUT2D eigenvalue weighted by Crippen LogP contribution is 2.34. The second kappa shape index (κ2) is 4.02. The zero-order valence-electron chi connectivity index (χ0n) is 10.2. The fraction of sp³-hybridized carbons (Fsp3) is 0.500. The third kappa shape index (κ3) is 4.09. The van der Waals surface area contributed by atoms with Gasteiger partial charge >= 0.3 is 0 Å². The lowest BCUT2D eigenvalue weighted by molar-refractivity contribution is 0.588. The van der Waals surface area contributed by atoms with E-state index in [0.717, 1.165) is 11.0 Å². The first-order chi connectivity index (χ1) is 6.68. The molecule has 2 nitrogen and oxygen atoms in total. The highest BCUT2D eigenvalue weighted by molar-refractivity contribution is 7.70. The minimum Gasteiger partial charge on any atom is -0.380 e. The normalized spacial score (nSPS) is 12.6. The Hall–Kier alpha value is -0.750. The molecule has 84 valence electrons. The van der Waals surface area contributed by atoms with Gasteiger partial charge in [0, 0.05) is 16.5 Å². The van der Waals surface area contributed by atoms with Gasteiger partial charge in [-0.15, -0.1) is 0 Å². The largest absolute Gasteiger partial charge is 0.380 e. The quantitative estimate of drug-likeness (QED) is 0.783. The second-order valence-electron chi connectivity index (χ2n) is 5.27. The Morgan fingerprint density at radius 3 is 1.87 bits per heavy atom. The van der Waals surface area contributed by atoms with Crippen molar-refractivity contribution in [2.24, 2.45) is 0 Å². The molecule has 0 spiro atoms. The zero-order chi connectivity index (χ0) is 11.7. The van der Waals surface area contributed by atoms with Crippen LogP contribution in [0.25, 0.3) is 0 Å². The van der Waals surface area contributed by atoms with Crippen molar-refractivity contribution in [1.29, 1.82) is 0 Å². The van der Waals surface area contributed by atoms with Crippen molar-refractivity contribution in [3.05, 3.63) is 24.3 Å². The molecule has 1 aromatic rings. The smallest absolute Gasteiger partial charge is 0.109 e. The molecule has 1 aromatic carbocycles. The van der Waals surface area contributed by atoms with E-state index in [2.05, 4.69) is 26.1 Å².